The minimum absolute atomic E-state index is 0.0491. The number of carboxylic acid groups (broad SMARTS) is 1. The molecule has 0 heterocycles. The van der Waals surface area contributed by atoms with Crippen LogP contribution in [0.2, 0.25) is 0 Å². The lowest BCUT2D eigenvalue weighted by Gasteiger charge is -2.31. The monoisotopic (exact) mass is 290 g/mol. The second-order valence-electron chi connectivity index (χ2n) is 5.54. The molecule has 0 aliphatic heterocycles. The molecule has 1 aliphatic carbocycles. The summed E-state index contributed by atoms with van der Waals surface area (Å²) in [5.41, 5.74) is -1.06. The molecule has 0 bridgehead atoms. The molecule has 0 aromatic heterocycles. The fourth-order valence-corrected chi connectivity index (χ4v) is 2.44. The fourth-order valence-electron chi connectivity index (χ4n) is 2.44. The van der Waals surface area contributed by atoms with Gasteiger partial charge in [-0.2, -0.15) is 0 Å². The van der Waals surface area contributed by atoms with Gasteiger partial charge in [-0.25, -0.2) is 0 Å². The van der Waals surface area contributed by atoms with Gasteiger partial charge in [0.1, 0.15) is 5.60 Å². The quantitative estimate of drug-likeness (QED) is 0.470. The molecule has 1 aromatic carbocycles. The topological polar surface area (TPSA) is 92.5 Å². The molecule has 1 aromatic rings. The minimum Gasteiger partial charge on any atom is -0.545 e. The van der Waals surface area contributed by atoms with Crippen LogP contribution in [-0.2, 0) is 0 Å². The third kappa shape index (κ3) is 3.21. The Labute approximate surface area is 122 Å². The normalized spacial score (nSPS) is 17.7. The number of carboxylic acids is 1. The lowest BCUT2D eigenvalue weighted by atomic mass is 9.90. The highest BCUT2D eigenvalue weighted by Gasteiger charge is 2.33. The number of benzene rings is 1. The first-order chi connectivity index (χ1) is 9.81. The Kier molecular flexibility index (Phi) is 3.97. The number of hydrogen-bond donors (Lipinski definition) is 0. The van der Waals surface area contributed by atoms with Crippen LogP contribution in [-0.4, -0.2) is 16.5 Å². The van der Waals surface area contributed by atoms with Crippen LogP contribution < -0.4 is 9.84 Å². The van der Waals surface area contributed by atoms with Crippen LogP contribution in [0, 0.1) is 16.0 Å². The summed E-state index contributed by atoms with van der Waals surface area (Å²) in [5, 5.41) is 22.0. The number of hydrogen-bond acceptors (Lipinski definition) is 5. The van der Waals surface area contributed by atoms with Crippen molar-refractivity contribution in [3.8, 4) is 5.75 Å². The summed E-state index contributed by atoms with van der Waals surface area (Å²) in [6.07, 6.45) is 5.91. The first kappa shape index (κ1) is 15.0. The molecule has 0 saturated heterocycles. The van der Waals surface area contributed by atoms with Gasteiger partial charge in [-0.05, 0) is 38.8 Å². The Hall–Kier alpha value is -2.37. The van der Waals surface area contributed by atoms with E-state index in [9.17, 15) is 20.0 Å². The Morgan fingerprint density at radius 2 is 2.14 bits per heavy atom. The molecular formula is C15H16NO5-. The van der Waals surface area contributed by atoms with Crippen molar-refractivity contribution in [2.75, 3.05) is 0 Å². The van der Waals surface area contributed by atoms with E-state index < -0.39 is 16.5 Å². The highest BCUT2D eigenvalue weighted by atomic mass is 16.6. The molecule has 0 radical (unpaired) electrons. The molecule has 112 valence electrons. The number of aromatic carboxylic acids is 1. The molecule has 0 spiro atoms. The van der Waals surface area contributed by atoms with Crippen molar-refractivity contribution >= 4 is 11.7 Å². The first-order valence-corrected chi connectivity index (χ1v) is 6.67. The van der Waals surface area contributed by atoms with Crippen molar-refractivity contribution in [1.29, 1.82) is 0 Å². The summed E-state index contributed by atoms with van der Waals surface area (Å²) in [6, 6.07) is 3.41. The van der Waals surface area contributed by atoms with Crippen LogP contribution in [0.3, 0.4) is 0 Å². The van der Waals surface area contributed by atoms with Crippen molar-refractivity contribution in [1.82, 2.24) is 0 Å². The van der Waals surface area contributed by atoms with Gasteiger partial charge in [-0.1, -0.05) is 12.2 Å². The second-order valence-corrected chi connectivity index (χ2v) is 5.54. The Balaban J connectivity index is 2.36. The molecule has 6 nitrogen and oxygen atoms in total. The number of nitro benzene ring substituents is 1. The number of rotatable bonds is 5. The molecule has 1 aliphatic rings. The van der Waals surface area contributed by atoms with Crippen LogP contribution in [0.15, 0.2) is 30.4 Å². The van der Waals surface area contributed by atoms with E-state index >= 15 is 0 Å². The third-order valence-electron chi connectivity index (χ3n) is 3.67. The van der Waals surface area contributed by atoms with Gasteiger partial charge in [-0.15, -0.1) is 0 Å². The molecular weight excluding hydrogens is 274 g/mol. The largest absolute Gasteiger partial charge is 0.545 e. The number of allylic oxidation sites excluding steroid dienone is 1. The van der Waals surface area contributed by atoms with E-state index in [1.54, 1.807) is 0 Å². The average Bonchev–Trinajstić information content (AvgIpc) is 2.92. The van der Waals surface area contributed by atoms with Gasteiger partial charge in [0.2, 0.25) is 0 Å². The van der Waals surface area contributed by atoms with E-state index in [1.807, 2.05) is 26.0 Å². The summed E-state index contributed by atoms with van der Waals surface area (Å²) in [4.78, 5) is 21.4. The molecule has 1 atom stereocenters. The van der Waals surface area contributed by atoms with Gasteiger partial charge < -0.3 is 14.6 Å². The maximum absolute atomic E-state index is 11.1. The molecule has 6 heteroatoms. The van der Waals surface area contributed by atoms with Crippen molar-refractivity contribution < 1.29 is 19.6 Å². The Bertz CT molecular complexity index is 606. The standard InChI is InChI=1S/C15H17NO5/c1-15(2,11-5-3-4-6-11)21-13-9-10(14(17)18)7-8-12(13)16(19)20/h3,5,7-9,11H,4,6H2,1-2H3,(H,17,18)/p-1. The zero-order valence-electron chi connectivity index (χ0n) is 11.9. The smallest absolute Gasteiger partial charge is 0.310 e. The number of carbonyl (C=O) groups excluding carboxylic acids is 1. The van der Waals surface area contributed by atoms with Crippen molar-refractivity contribution in [2.24, 2.45) is 5.92 Å². The number of carbonyl (C=O) groups is 1. The summed E-state index contributed by atoms with van der Waals surface area (Å²) >= 11 is 0. The average molecular weight is 290 g/mol. The maximum atomic E-state index is 11.1. The van der Waals surface area contributed by atoms with Gasteiger partial charge >= 0.3 is 5.69 Å². The number of nitrogens with zero attached hydrogens (tertiary/aromatic N) is 1. The Morgan fingerprint density at radius 1 is 1.43 bits per heavy atom. The molecule has 1 unspecified atom stereocenters. The van der Waals surface area contributed by atoms with Gasteiger partial charge in [0.05, 0.1) is 10.9 Å². The SMILES string of the molecule is CC(C)(Oc1cc(C(=O)[O-])ccc1[N+](=O)[O-])C1C=CCC1. The zero-order valence-corrected chi connectivity index (χ0v) is 11.9. The van der Waals surface area contributed by atoms with Crippen LogP contribution in [0.25, 0.3) is 0 Å². The van der Waals surface area contributed by atoms with Gasteiger partial charge in [0.25, 0.3) is 0 Å². The summed E-state index contributed by atoms with van der Waals surface area (Å²) in [5.74, 6) is -1.32. The van der Waals surface area contributed by atoms with Gasteiger partial charge in [-0.3, -0.25) is 10.1 Å². The lowest BCUT2D eigenvalue weighted by Crippen LogP contribution is -2.36. The van der Waals surface area contributed by atoms with Crippen LogP contribution in [0.5, 0.6) is 5.75 Å². The van der Waals surface area contributed by atoms with E-state index in [0.717, 1.165) is 31.0 Å². The fraction of sp³-hybridized carbons (Fsp3) is 0.400. The highest BCUT2D eigenvalue weighted by molar-refractivity contribution is 5.87. The van der Waals surface area contributed by atoms with Crippen LogP contribution in [0.4, 0.5) is 5.69 Å². The van der Waals surface area contributed by atoms with Gasteiger partial charge in [0.15, 0.2) is 5.75 Å². The summed E-state index contributed by atoms with van der Waals surface area (Å²) < 4.78 is 5.78. The van der Waals surface area contributed by atoms with E-state index in [1.165, 1.54) is 0 Å². The second kappa shape index (κ2) is 5.55. The van der Waals surface area contributed by atoms with Crippen molar-refractivity contribution in [3.05, 3.63) is 46.0 Å². The summed E-state index contributed by atoms with van der Waals surface area (Å²) in [6.45, 7) is 3.67. The zero-order chi connectivity index (χ0) is 15.6. The first-order valence-electron chi connectivity index (χ1n) is 6.67. The predicted octanol–water partition coefficient (Wildman–Crippen LogP) is 2.08. The molecule has 21 heavy (non-hydrogen) atoms. The van der Waals surface area contributed by atoms with Crippen molar-refractivity contribution in [2.45, 2.75) is 32.3 Å². The van der Waals surface area contributed by atoms with E-state index in [4.69, 9.17) is 4.74 Å². The third-order valence-corrected chi connectivity index (χ3v) is 3.67. The van der Waals surface area contributed by atoms with Crippen molar-refractivity contribution in [3.63, 3.8) is 0 Å². The van der Waals surface area contributed by atoms with E-state index in [0.29, 0.717) is 0 Å². The van der Waals surface area contributed by atoms with E-state index in [2.05, 4.69) is 0 Å². The van der Waals surface area contributed by atoms with E-state index in [-0.39, 0.29) is 22.9 Å². The molecule has 2 rings (SSSR count). The molecule has 0 saturated carbocycles. The molecule has 0 fully saturated rings. The summed E-state index contributed by atoms with van der Waals surface area (Å²) in [7, 11) is 0. The maximum Gasteiger partial charge on any atom is 0.310 e. The molecule has 0 amide bonds. The molecule has 0 N–H and O–H groups in total. The van der Waals surface area contributed by atoms with Crippen LogP contribution in [0.1, 0.15) is 37.0 Å². The number of nitro groups is 1. The minimum atomic E-state index is -1.40. The lowest BCUT2D eigenvalue weighted by molar-refractivity contribution is -0.386. The predicted molar refractivity (Wildman–Crippen MR) is 74.0 cm³/mol. The number of ether oxygens (including phenoxy) is 1. The van der Waals surface area contributed by atoms with Gasteiger partial charge in [0, 0.05) is 17.5 Å². The van der Waals surface area contributed by atoms with Crippen LogP contribution >= 0.6 is 0 Å². The highest BCUT2D eigenvalue weighted by Crippen LogP contribution is 2.36. The Morgan fingerprint density at radius 3 is 2.67 bits per heavy atom.